The number of pyridine rings is 1. The molecular weight excluding hydrogens is 424 g/mol. The van der Waals surface area contributed by atoms with E-state index in [1.54, 1.807) is 7.11 Å². The molecule has 6 heteroatoms. The van der Waals surface area contributed by atoms with Gasteiger partial charge in [0.15, 0.2) is 0 Å². The SMILES string of the molecule is COc1ccc(COCC2CCc3nc(-c4ccc(N(C)C)cc4)c(-c4ccncc4)n32)cc1. The summed E-state index contributed by atoms with van der Waals surface area (Å²) in [5.41, 5.74) is 6.73. The van der Waals surface area contributed by atoms with Crippen LogP contribution in [0.4, 0.5) is 5.69 Å². The van der Waals surface area contributed by atoms with Crippen LogP contribution in [0.25, 0.3) is 22.5 Å². The number of ether oxygens (including phenoxy) is 2. The fourth-order valence-corrected chi connectivity index (χ4v) is 4.57. The molecule has 0 amide bonds. The Hall–Kier alpha value is -3.64. The summed E-state index contributed by atoms with van der Waals surface area (Å²) in [4.78, 5) is 11.4. The molecule has 3 heterocycles. The normalized spacial score (nSPS) is 14.7. The molecule has 2 aromatic carbocycles. The van der Waals surface area contributed by atoms with Crippen molar-refractivity contribution >= 4 is 5.69 Å². The van der Waals surface area contributed by atoms with E-state index in [1.807, 2.05) is 36.7 Å². The van der Waals surface area contributed by atoms with E-state index in [0.717, 1.165) is 52.5 Å². The highest BCUT2D eigenvalue weighted by Gasteiger charge is 2.30. The van der Waals surface area contributed by atoms with E-state index in [2.05, 4.69) is 64.9 Å². The molecule has 0 aliphatic carbocycles. The zero-order valence-electron chi connectivity index (χ0n) is 19.9. The number of benzene rings is 2. The molecule has 1 aliphatic heterocycles. The van der Waals surface area contributed by atoms with Gasteiger partial charge in [0, 0.05) is 49.7 Å². The predicted molar refractivity (Wildman–Crippen MR) is 135 cm³/mol. The van der Waals surface area contributed by atoms with Gasteiger partial charge in [0.25, 0.3) is 0 Å². The van der Waals surface area contributed by atoms with E-state index in [9.17, 15) is 0 Å². The second kappa shape index (κ2) is 9.69. The van der Waals surface area contributed by atoms with Crippen LogP contribution in [-0.4, -0.2) is 42.3 Å². The van der Waals surface area contributed by atoms with Gasteiger partial charge in [0.05, 0.1) is 37.8 Å². The second-order valence-corrected chi connectivity index (χ2v) is 8.83. The molecule has 0 bridgehead atoms. The van der Waals surface area contributed by atoms with Crippen molar-refractivity contribution in [3.05, 3.63) is 84.4 Å². The minimum absolute atomic E-state index is 0.249. The summed E-state index contributed by atoms with van der Waals surface area (Å²) in [5, 5.41) is 0. The lowest BCUT2D eigenvalue weighted by Gasteiger charge is -2.18. The molecule has 0 fully saturated rings. The summed E-state index contributed by atoms with van der Waals surface area (Å²) < 4.78 is 13.8. The second-order valence-electron chi connectivity index (χ2n) is 8.83. The largest absolute Gasteiger partial charge is 0.497 e. The minimum atomic E-state index is 0.249. The van der Waals surface area contributed by atoms with Gasteiger partial charge < -0.3 is 18.9 Å². The molecule has 5 rings (SSSR count). The van der Waals surface area contributed by atoms with Crippen molar-refractivity contribution in [2.24, 2.45) is 0 Å². The highest BCUT2D eigenvalue weighted by Crippen LogP contribution is 2.40. The van der Waals surface area contributed by atoms with Gasteiger partial charge >= 0.3 is 0 Å². The van der Waals surface area contributed by atoms with Crippen LogP contribution < -0.4 is 9.64 Å². The third-order valence-corrected chi connectivity index (χ3v) is 6.40. The lowest BCUT2D eigenvalue weighted by Crippen LogP contribution is -2.13. The van der Waals surface area contributed by atoms with Crippen molar-refractivity contribution in [2.45, 2.75) is 25.5 Å². The Morgan fingerprint density at radius 1 is 0.941 bits per heavy atom. The van der Waals surface area contributed by atoms with E-state index in [4.69, 9.17) is 14.5 Å². The molecule has 1 atom stereocenters. The molecule has 0 saturated carbocycles. The van der Waals surface area contributed by atoms with Crippen LogP contribution in [0.3, 0.4) is 0 Å². The van der Waals surface area contributed by atoms with Crippen LogP contribution in [0.2, 0.25) is 0 Å². The van der Waals surface area contributed by atoms with Crippen LogP contribution in [0.15, 0.2) is 73.1 Å². The minimum Gasteiger partial charge on any atom is -0.497 e. The topological polar surface area (TPSA) is 52.4 Å². The van der Waals surface area contributed by atoms with Gasteiger partial charge in [-0.15, -0.1) is 0 Å². The summed E-state index contributed by atoms with van der Waals surface area (Å²) in [6.45, 7) is 1.22. The Morgan fingerprint density at radius 3 is 2.35 bits per heavy atom. The number of rotatable bonds is 8. The average Bonchev–Trinajstić information content (AvgIpc) is 3.45. The third kappa shape index (κ3) is 4.41. The van der Waals surface area contributed by atoms with Crippen LogP contribution >= 0.6 is 0 Å². The van der Waals surface area contributed by atoms with Crippen molar-refractivity contribution in [1.82, 2.24) is 14.5 Å². The van der Waals surface area contributed by atoms with Gasteiger partial charge in [0.2, 0.25) is 0 Å². The molecule has 34 heavy (non-hydrogen) atoms. The first-order valence-electron chi connectivity index (χ1n) is 11.6. The van der Waals surface area contributed by atoms with Crippen LogP contribution in [0.5, 0.6) is 5.75 Å². The standard InChI is InChI=1S/C28H30N4O2/c1-31(2)23-8-6-21(7-9-23)27-28(22-14-16-29-17-15-22)32-24(10-13-26(32)30-27)19-34-18-20-4-11-25(33-3)12-5-20/h4-9,11-12,14-17,24H,10,13,18-19H2,1-3H3. The van der Waals surface area contributed by atoms with Gasteiger partial charge in [-0.3, -0.25) is 4.98 Å². The summed E-state index contributed by atoms with van der Waals surface area (Å²) in [7, 11) is 5.79. The highest BCUT2D eigenvalue weighted by molar-refractivity contribution is 5.80. The first-order valence-corrected chi connectivity index (χ1v) is 11.6. The number of hydrogen-bond acceptors (Lipinski definition) is 5. The molecule has 6 nitrogen and oxygen atoms in total. The number of anilines is 1. The van der Waals surface area contributed by atoms with Crippen molar-refractivity contribution in [3.8, 4) is 28.3 Å². The summed E-state index contributed by atoms with van der Waals surface area (Å²) in [6.07, 6.45) is 5.67. The van der Waals surface area contributed by atoms with Crippen LogP contribution in [0, 0.1) is 0 Å². The predicted octanol–water partition coefficient (Wildman–Crippen LogP) is 5.39. The van der Waals surface area contributed by atoms with Crippen LogP contribution in [-0.2, 0) is 17.8 Å². The van der Waals surface area contributed by atoms with Crippen molar-refractivity contribution in [1.29, 1.82) is 0 Å². The Labute approximate surface area is 200 Å². The maximum Gasteiger partial charge on any atom is 0.118 e. The Kier molecular flexibility index (Phi) is 6.32. The van der Waals surface area contributed by atoms with E-state index >= 15 is 0 Å². The maximum absolute atomic E-state index is 6.17. The van der Waals surface area contributed by atoms with E-state index < -0.39 is 0 Å². The molecule has 4 aromatic rings. The fraction of sp³-hybridized carbons (Fsp3) is 0.286. The number of nitrogens with zero attached hydrogens (tertiary/aromatic N) is 4. The third-order valence-electron chi connectivity index (χ3n) is 6.40. The summed E-state index contributed by atoms with van der Waals surface area (Å²) in [5.74, 6) is 1.98. The quantitative estimate of drug-likeness (QED) is 0.357. The summed E-state index contributed by atoms with van der Waals surface area (Å²) in [6, 6.07) is 21.0. The Bertz CT molecular complexity index is 1230. The average molecular weight is 455 g/mol. The van der Waals surface area contributed by atoms with Crippen molar-refractivity contribution < 1.29 is 9.47 Å². The molecule has 174 valence electrons. The number of methoxy groups -OCH3 is 1. The molecule has 1 unspecified atom stereocenters. The van der Waals surface area contributed by atoms with Crippen LogP contribution in [0.1, 0.15) is 23.9 Å². The molecule has 0 N–H and O–H groups in total. The smallest absolute Gasteiger partial charge is 0.118 e. The highest BCUT2D eigenvalue weighted by atomic mass is 16.5. The van der Waals surface area contributed by atoms with E-state index in [0.29, 0.717) is 13.2 Å². The van der Waals surface area contributed by atoms with Gasteiger partial charge in [-0.1, -0.05) is 24.3 Å². The summed E-state index contributed by atoms with van der Waals surface area (Å²) >= 11 is 0. The number of hydrogen-bond donors (Lipinski definition) is 0. The fourth-order valence-electron chi connectivity index (χ4n) is 4.57. The van der Waals surface area contributed by atoms with Gasteiger partial charge in [0.1, 0.15) is 11.6 Å². The monoisotopic (exact) mass is 454 g/mol. The zero-order valence-corrected chi connectivity index (χ0v) is 19.9. The molecule has 1 aliphatic rings. The first-order chi connectivity index (χ1) is 16.6. The zero-order chi connectivity index (χ0) is 23.5. The Balaban J connectivity index is 1.43. The maximum atomic E-state index is 6.17. The molecular formula is C28H30N4O2. The number of imidazole rings is 1. The van der Waals surface area contributed by atoms with Crippen molar-refractivity contribution in [2.75, 3.05) is 32.7 Å². The van der Waals surface area contributed by atoms with E-state index in [1.165, 1.54) is 5.69 Å². The number of aryl methyl sites for hydroxylation is 1. The van der Waals surface area contributed by atoms with E-state index in [-0.39, 0.29) is 6.04 Å². The Morgan fingerprint density at radius 2 is 1.68 bits per heavy atom. The lowest BCUT2D eigenvalue weighted by molar-refractivity contribution is 0.0925. The van der Waals surface area contributed by atoms with Gasteiger partial charge in [-0.25, -0.2) is 4.98 Å². The van der Waals surface area contributed by atoms with Gasteiger partial charge in [-0.2, -0.15) is 0 Å². The number of fused-ring (bicyclic) bond motifs is 1. The molecule has 0 radical (unpaired) electrons. The lowest BCUT2D eigenvalue weighted by atomic mass is 10.0. The molecule has 2 aromatic heterocycles. The first kappa shape index (κ1) is 22.2. The van der Waals surface area contributed by atoms with Gasteiger partial charge in [-0.05, 0) is 48.4 Å². The molecule has 0 saturated heterocycles. The molecule has 0 spiro atoms. The number of aromatic nitrogens is 3. The van der Waals surface area contributed by atoms with Crippen molar-refractivity contribution in [3.63, 3.8) is 0 Å².